The highest BCUT2D eigenvalue weighted by Crippen LogP contribution is 2.34. The number of hydrogen-bond acceptors (Lipinski definition) is 4. The Morgan fingerprint density at radius 3 is 2.57 bits per heavy atom. The Hall–Kier alpha value is -2.93. The topological polar surface area (TPSA) is 63.6 Å². The molecular formula is C28H33N3O3S. The van der Waals surface area contributed by atoms with Crippen LogP contribution in [0.4, 0.5) is 0 Å². The van der Waals surface area contributed by atoms with Crippen LogP contribution in [0.3, 0.4) is 0 Å². The van der Waals surface area contributed by atoms with Gasteiger partial charge >= 0.3 is 0 Å². The highest BCUT2D eigenvalue weighted by Gasteiger charge is 2.48. The molecule has 1 aliphatic carbocycles. The number of aromatic nitrogens is 1. The summed E-state index contributed by atoms with van der Waals surface area (Å²) in [4.78, 5) is 30.7. The van der Waals surface area contributed by atoms with Gasteiger partial charge in [-0.15, -0.1) is 11.8 Å². The van der Waals surface area contributed by atoms with Crippen molar-refractivity contribution in [2.24, 2.45) is 0 Å². The van der Waals surface area contributed by atoms with E-state index < -0.39 is 5.54 Å². The number of ether oxygens (including phenoxy) is 1. The molecule has 3 aromatic rings. The molecule has 184 valence electrons. The van der Waals surface area contributed by atoms with Crippen molar-refractivity contribution < 1.29 is 14.3 Å². The van der Waals surface area contributed by atoms with Crippen LogP contribution in [0.25, 0.3) is 10.9 Å². The van der Waals surface area contributed by atoms with Crippen LogP contribution >= 0.6 is 11.8 Å². The summed E-state index contributed by atoms with van der Waals surface area (Å²) in [7, 11) is 1.64. The minimum absolute atomic E-state index is 0.0640. The summed E-state index contributed by atoms with van der Waals surface area (Å²) in [5.74, 6) is 0.571. The molecule has 7 heteroatoms. The maximum Gasteiger partial charge on any atom is 0.271 e. The molecule has 5 rings (SSSR count). The zero-order chi connectivity index (χ0) is 24.6. The highest BCUT2D eigenvalue weighted by atomic mass is 32.2. The van der Waals surface area contributed by atoms with E-state index in [0.717, 1.165) is 47.9 Å². The zero-order valence-electron chi connectivity index (χ0n) is 20.7. The normalized spacial score (nSPS) is 20.3. The molecule has 1 aromatic heterocycles. The largest absolute Gasteiger partial charge is 0.497 e. The van der Waals surface area contributed by atoms with Crippen molar-refractivity contribution in [3.05, 3.63) is 59.8 Å². The molecule has 1 atom stereocenters. The van der Waals surface area contributed by atoms with Crippen LogP contribution in [0.15, 0.2) is 53.4 Å². The van der Waals surface area contributed by atoms with E-state index in [9.17, 15) is 9.59 Å². The Kier molecular flexibility index (Phi) is 6.53. The van der Waals surface area contributed by atoms with Gasteiger partial charge in [-0.05, 0) is 68.3 Å². The lowest BCUT2D eigenvalue weighted by Crippen LogP contribution is -2.65. The number of carbonyl (C=O) groups is 2. The Morgan fingerprint density at radius 2 is 1.89 bits per heavy atom. The molecule has 0 unspecified atom stereocenters. The third kappa shape index (κ3) is 4.42. The Labute approximate surface area is 211 Å². The van der Waals surface area contributed by atoms with Gasteiger partial charge in [0.2, 0.25) is 5.91 Å². The van der Waals surface area contributed by atoms with Crippen molar-refractivity contribution in [1.29, 1.82) is 0 Å². The third-order valence-electron chi connectivity index (χ3n) is 7.60. The lowest BCUT2D eigenvalue weighted by atomic mass is 9.93. The van der Waals surface area contributed by atoms with Crippen molar-refractivity contribution in [2.45, 2.75) is 62.0 Å². The van der Waals surface area contributed by atoms with Crippen LogP contribution in [0, 0.1) is 0 Å². The zero-order valence-corrected chi connectivity index (χ0v) is 21.5. The lowest BCUT2D eigenvalue weighted by molar-refractivity contribution is -0.133. The fraction of sp³-hybridized carbons (Fsp3) is 0.429. The minimum atomic E-state index is -0.985. The van der Waals surface area contributed by atoms with E-state index in [4.69, 9.17) is 4.74 Å². The standard InChI is InChI=1S/C28H33N3O3S/c1-28(27(33)29-21-6-4-5-7-21)18-30-24-17-22(34-2)11-10-20(24)16-25(30)26(32)31(28)15-14-19-8-12-23(35-3)13-9-19/h8-13,16-17,21H,4-7,14-15,18H2,1-3H3,(H,29,33)/t28-/m0/s1. The average molecular weight is 492 g/mol. The van der Waals surface area contributed by atoms with Crippen LogP contribution in [-0.2, 0) is 17.8 Å². The van der Waals surface area contributed by atoms with Gasteiger partial charge in [0.1, 0.15) is 17.0 Å². The maximum atomic E-state index is 13.9. The molecule has 1 saturated carbocycles. The molecule has 0 bridgehead atoms. The van der Waals surface area contributed by atoms with Gasteiger partial charge in [0.15, 0.2) is 0 Å². The second-order valence-corrected chi connectivity index (χ2v) is 10.7. The predicted octanol–water partition coefficient (Wildman–Crippen LogP) is 4.89. The van der Waals surface area contributed by atoms with Crippen molar-refractivity contribution in [3.8, 4) is 5.75 Å². The van der Waals surface area contributed by atoms with Crippen molar-refractivity contribution in [2.75, 3.05) is 19.9 Å². The van der Waals surface area contributed by atoms with E-state index >= 15 is 0 Å². The van der Waals surface area contributed by atoms with Gasteiger partial charge in [-0.3, -0.25) is 9.59 Å². The van der Waals surface area contributed by atoms with Crippen molar-refractivity contribution in [1.82, 2.24) is 14.8 Å². The molecule has 35 heavy (non-hydrogen) atoms. The monoisotopic (exact) mass is 491 g/mol. The Balaban J connectivity index is 1.50. The maximum absolute atomic E-state index is 13.9. The smallest absolute Gasteiger partial charge is 0.271 e. The van der Waals surface area contributed by atoms with Crippen molar-refractivity contribution >= 4 is 34.5 Å². The van der Waals surface area contributed by atoms with Crippen LogP contribution in [-0.4, -0.2) is 52.8 Å². The molecule has 0 spiro atoms. The number of fused-ring (bicyclic) bond motifs is 3. The van der Waals surface area contributed by atoms with Crippen LogP contribution in [0.2, 0.25) is 0 Å². The van der Waals surface area contributed by atoms with Crippen LogP contribution < -0.4 is 10.1 Å². The molecule has 6 nitrogen and oxygen atoms in total. The first-order chi connectivity index (χ1) is 16.9. The molecule has 2 heterocycles. The summed E-state index contributed by atoms with van der Waals surface area (Å²) in [6.45, 7) is 2.81. The van der Waals surface area contributed by atoms with Gasteiger partial charge in [0, 0.05) is 28.9 Å². The van der Waals surface area contributed by atoms with E-state index in [1.54, 1.807) is 23.8 Å². The van der Waals surface area contributed by atoms with E-state index in [2.05, 4.69) is 35.8 Å². The van der Waals surface area contributed by atoms with Gasteiger partial charge < -0.3 is 19.5 Å². The third-order valence-corrected chi connectivity index (χ3v) is 8.34. The number of nitrogens with zero attached hydrogens (tertiary/aromatic N) is 2. The molecule has 2 aromatic carbocycles. The summed E-state index contributed by atoms with van der Waals surface area (Å²) < 4.78 is 7.43. The van der Waals surface area contributed by atoms with Crippen LogP contribution in [0.1, 0.15) is 48.7 Å². The Morgan fingerprint density at radius 1 is 1.14 bits per heavy atom. The highest BCUT2D eigenvalue weighted by molar-refractivity contribution is 7.98. The molecule has 0 saturated heterocycles. The number of thioether (sulfide) groups is 1. The summed E-state index contributed by atoms with van der Waals surface area (Å²) in [6.07, 6.45) is 7.05. The second-order valence-electron chi connectivity index (χ2n) is 9.82. The first-order valence-corrected chi connectivity index (χ1v) is 13.6. The summed E-state index contributed by atoms with van der Waals surface area (Å²) in [6, 6.07) is 16.4. The Bertz CT molecular complexity index is 1250. The van der Waals surface area contributed by atoms with Gasteiger partial charge in [-0.2, -0.15) is 0 Å². The number of methoxy groups -OCH3 is 1. The quantitative estimate of drug-likeness (QED) is 0.478. The predicted molar refractivity (Wildman–Crippen MR) is 140 cm³/mol. The molecule has 0 radical (unpaired) electrons. The molecule has 1 aliphatic heterocycles. The average Bonchev–Trinajstić information content (AvgIpc) is 3.51. The number of rotatable bonds is 7. The summed E-state index contributed by atoms with van der Waals surface area (Å²) in [5, 5.41) is 4.25. The summed E-state index contributed by atoms with van der Waals surface area (Å²) in [5.41, 5.74) is 1.71. The van der Waals surface area contributed by atoms with Crippen LogP contribution in [0.5, 0.6) is 5.75 Å². The van der Waals surface area contributed by atoms with Gasteiger partial charge in [-0.25, -0.2) is 0 Å². The number of nitrogens with one attached hydrogen (secondary N) is 1. The van der Waals surface area contributed by atoms with Gasteiger partial charge in [-0.1, -0.05) is 25.0 Å². The van der Waals surface area contributed by atoms with E-state index in [1.807, 2.05) is 35.8 Å². The summed E-state index contributed by atoms with van der Waals surface area (Å²) >= 11 is 1.71. The SMILES string of the molecule is COc1ccc2cc3n(c2c1)C[C@@](C)(C(=O)NC1CCCC1)N(CCc1ccc(SC)cc1)C3=O. The van der Waals surface area contributed by atoms with E-state index in [1.165, 1.54) is 4.90 Å². The molecular weight excluding hydrogens is 458 g/mol. The number of amides is 2. The number of carbonyl (C=O) groups excluding carboxylic acids is 2. The minimum Gasteiger partial charge on any atom is -0.497 e. The number of benzene rings is 2. The second kappa shape index (κ2) is 9.61. The fourth-order valence-corrected chi connectivity index (χ4v) is 5.86. The van der Waals surface area contributed by atoms with Gasteiger partial charge in [0.05, 0.1) is 19.2 Å². The first kappa shape index (κ1) is 23.8. The number of hydrogen-bond donors (Lipinski definition) is 1. The molecule has 1 fully saturated rings. The molecule has 1 N–H and O–H groups in total. The molecule has 2 aliphatic rings. The van der Waals surface area contributed by atoms with E-state index in [0.29, 0.717) is 25.2 Å². The lowest BCUT2D eigenvalue weighted by Gasteiger charge is -2.44. The fourth-order valence-electron chi connectivity index (χ4n) is 5.45. The van der Waals surface area contributed by atoms with Crippen molar-refractivity contribution in [3.63, 3.8) is 0 Å². The van der Waals surface area contributed by atoms with Gasteiger partial charge in [0.25, 0.3) is 5.91 Å². The molecule has 2 amide bonds. The first-order valence-electron chi connectivity index (χ1n) is 12.4. The van der Waals surface area contributed by atoms with E-state index in [-0.39, 0.29) is 17.9 Å².